The van der Waals surface area contributed by atoms with Crippen LogP contribution >= 0.6 is 0 Å². The quantitative estimate of drug-likeness (QED) is 0.735. The van der Waals surface area contributed by atoms with Crippen molar-refractivity contribution in [3.63, 3.8) is 0 Å². The van der Waals surface area contributed by atoms with Crippen LogP contribution in [0, 0.1) is 5.41 Å². The van der Waals surface area contributed by atoms with E-state index >= 15 is 0 Å². The Kier molecular flexibility index (Phi) is 5.11. The Morgan fingerprint density at radius 2 is 2.00 bits per heavy atom. The smallest absolute Gasteiger partial charge is 0.257 e. The predicted molar refractivity (Wildman–Crippen MR) is 75.2 cm³/mol. The Morgan fingerprint density at radius 1 is 1.37 bits per heavy atom. The monoisotopic (exact) mass is 288 g/mol. The van der Waals surface area contributed by atoms with E-state index in [2.05, 4.69) is 20.2 Å². The molecular formula is C12H24N4O2S. The maximum atomic E-state index is 12.2. The summed E-state index contributed by atoms with van der Waals surface area (Å²) < 4.78 is 27.0. The predicted octanol–water partition coefficient (Wildman–Crippen LogP) is 1.23. The van der Waals surface area contributed by atoms with E-state index in [0.29, 0.717) is 18.7 Å². The van der Waals surface area contributed by atoms with Crippen LogP contribution in [0.3, 0.4) is 0 Å². The SMILES string of the molecule is CC(C)NCc1cn[nH]c1S(=O)(=O)NCC(C)(C)C. The van der Waals surface area contributed by atoms with Gasteiger partial charge in [-0.25, -0.2) is 13.1 Å². The molecule has 3 N–H and O–H groups in total. The zero-order chi connectivity index (χ0) is 14.7. The number of hydrogen-bond donors (Lipinski definition) is 3. The van der Waals surface area contributed by atoms with Gasteiger partial charge in [0.25, 0.3) is 10.0 Å². The lowest BCUT2D eigenvalue weighted by Crippen LogP contribution is -2.33. The van der Waals surface area contributed by atoms with Gasteiger partial charge in [-0.15, -0.1) is 0 Å². The van der Waals surface area contributed by atoms with Gasteiger partial charge in [-0.1, -0.05) is 34.6 Å². The summed E-state index contributed by atoms with van der Waals surface area (Å²) >= 11 is 0. The van der Waals surface area contributed by atoms with E-state index in [1.54, 1.807) is 6.20 Å². The van der Waals surface area contributed by atoms with Crippen LogP contribution in [0.1, 0.15) is 40.2 Å². The Balaban J connectivity index is 2.81. The average Bonchev–Trinajstić information content (AvgIpc) is 2.71. The molecule has 0 aromatic carbocycles. The van der Waals surface area contributed by atoms with Crippen molar-refractivity contribution in [1.82, 2.24) is 20.2 Å². The standard InChI is InChI=1S/C12H24N4O2S/c1-9(2)13-6-10-7-14-16-11(10)19(17,18)15-8-12(3,4)5/h7,9,13,15H,6,8H2,1-5H3,(H,14,16). The maximum absolute atomic E-state index is 12.2. The average molecular weight is 288 g/mol. The van der Waals surface area contributed by atoms with Crippen LogP contribution in [0.15, 0.2) is 11.2 Å². The highest BCUT2D eigenvalue weighted by Crippen LogP contribution is 2.15. The molecule has 6 nitrogen and oxygen atoms in total. The molecule has 0 saturated carbocycles. The summed E-state index contributed by atoms with van der Waals surface area (Å²) in [5.74, 6) is 0. The molecule has 1 aromatic rings. The third-order valence-corrected chi connectivity index (χ3v) is 3.86. The van der Waals surface area contributed by atoms with Crippen molar-refractivity contribution in [3.8, 4) is 0 Å². The topological polar surface area (TPSA) is 86.9 Å². The second-order valence-corrected chi connectivity index (χ2v) is 7.85. The molecule has 0 aliphatic carbocycles. The molecule has 1 rings (SSSR count). The van der Waals surface area contributed by atoms with E-state index in [1.807, 2.05) is 34.6 Å². The van der Waals surface area contributed by atoms with Gasteiger partial charge in [-0.3, -0.25) is 5.10 Å². The zero-order valence-corrected chi connectivity index (χ0v) is 13.1. The Bertz CT molecular complexity index is 500. The van der Waals surface area contributed by atoms with Crippen molar-refractivity contribution in [1.29, 1.82) is 0 Å². The minimum absolute atomic E-state index is 0.108. The third kappa shape index (κ3) is 5.30. The zero-order valence-electron chi connectivity index (χ0n) is 12.2. The number of sulfonamides is 1. The molecule has 1 aromatic heterocycles. The largest absolute Gasteiger partial charge is 0.310 e. The van der Waals surface area contributed by atoms with Crippen molar-refractivity contribution in [2.75, 3.05) is 6.54 Å². The Labute approximate surface area is 115 Å². The number of nitrogens with zero attached hydrogens (tertiary/aromatic N) is 1. The highest BCUT2D eigenvalue weighted by molar-refractivity contribution is 7.89. The first kappa shape index (κ1) is 16.1. The molecule has 0 spiro atoms. The minimum atomic E-state index is -3.54. The summed E-state index contributed by atoms with van der Waals surface area (Å²) in [6.07, 6.45) is 1.54. The molecule has 0 aliphatic heterocycles. The Hall–Kier alpha value is -0.920. The molecule has 0 bridgehead atoms. The summed E-state index contributed by atoms with van der Waals surface area (Å²) in [7, 11) is -3.54. The van der Waals surface area contributed by atoms with E-state index in [-0.39, 0.29) is 16.5 Å². The van der Waals surface area contributed by atoms with Crippen LogP contribution in [0.25, 0.3) is 0 Å². The van der Waals surface area contributed by atoms with E-state index in [9.17, 15) is 8.42 Å². The maximum Gasteiger partial charge on any atom is 0.257 e. The van der Waals surface area contributed by atoms with Gasteiger partial charge < -0.3 is 5.32 Å². The first-order valence-electron chi connectivity index (χ1n) is 6.37. The van der Waals surface area contributed by atoms with Crippen LogP contribution in [0.2, 0.25) is 0 Å². The van der Waals surface area contributed by atoms with Gasteiger partial charge in [0.2, 0.25) is 0 Å². The fourth-order valence-electron chi connectivity index (χ4n) is 1.36. The van der Waals surface area contributed by atoms with Crippen LogP contribution < -0.4 is 10.0 Å². The highest BCUT2D eigenvalue weighted by Gasteiger charge is 2.23. The van der Waals surface area contributed by atoms with Gasteiger partial charge in [0.05, 0.1) is 6.20 Å². The minimum Gasteiger partial charge on any atom is -0.310 e. The lowest BCUT2D eigenvalue weighted by Gasteiger charge is -2.18. The van der Waals surface area contributed by atoms with Crippen LogP contribution in [0.4, 0.5) is 0 Å². The molecule has 0 unspecified atom stereocenters. The van der Waals surface area contributed by atoms with Crippen molar-refractivity contribution in [2.45, 2.75) is 52.2 Å². The number of aromatic nitrogens is 2. The second kappa shape index (κ2) is 6.02. The summed E-state index contributed by atoms with van der Waals surface area (Å²) in [5.41, 5.74) is 0.541. The number of hydrogen-bond acceptors (Lipinski definition) is 4. The van der Waals surface area contributed by atoms with Crippen LogP contribution in [-0.2, 0) is 16.6 Å². The van der Waals surface area contributed by atoms with E-state index in [1.165, 1.54) is 0 Å². The van der Waals surface area contributed by atoms with Gasteiger partial charge in [0.15, 0.2) is 5.03 Å². The van der Waals surface area contributed by atoms with Gasteiger partial charge in [-0.05, 0) is 5.41 Å². The van der Waals surface area contributed by atoms with Gasteiger partial charge >= 0.3 is 0 Å². The number of H-pyrrole nitrogens is 1. The van der Waals surface area contributed by atoms with E-state index in [4.69, 9.17) is 0 Å². The van der Waals surface area contributed by atoms with E-state index in [0.717, 1.165) is 0 Å². The van der Waals surface area contributed by atoms with Crippen molar-refractivity contribution in [3.05, 3.63) is 11.8 Å². The lowest BCUT2D eigenvalue weighted by atomic mass is 9.98. The molecule has 0 aliphatic rings. The highest BCUT2D eigenvalue weighted by atomic mass is 32.2. The summed E-state index contributed by atoms with van der Waals surface area (Å²) in [6, 6.07) is 0.285. The molecule has 0 amide bonds. The molecule has 0 atom stereocenters. The van der Waals surface area contributed by atoms with E-state index < -0.39 is 10.0 Å². The summed E-state index contributed by atoms with van der Waals surface area (Å²) in [5, 5.41) is 9.72. The summed E-state index contributed by atoms with van der Waals surface area (Å²) in [6.45, 7) is 10.8. The number of rotatable bonds is 6. The summed E-state index contributed by atoms with van der Waals surface area (Å²) in [4.78, 5) is 0. The molecule has 1 heterocycles. The van der Waals surface area contributed by atoms with Crippen LogP contribution in [0.5, 0.6) is 0 Å². The van der Waals surface area contributed by atoms with Crippen molar-refractivity contribution >= 4 is 10.0 Å². The van der Waals surface area contributed by atoms with Gasteiger partial charge in [-0.2, -0.15) is 5.10 Å². The molecular weight excluding hydrogens is 264 g/mol. The lowest BCUT2D eigenvalue weighted by molar-refractivity contribution is 0.407. The van der Waals surface area contributed by atoms with Crippen LogP contribution in [-0.4, -0.2) is 31.2 Å². The fraction of sp³-hybridized carbons (Fsp3) is 0.750. The molecule has 110 valence electrons. The second-order valence-electron chi connectivity index (χ2n) is 6.15. The molecule has 19 heavy (non-hydrogen) atoms. The first-order chi connectivity index (χ1) is 8.62. The van der Waals surface area contributed by atoms with Gasteiger partial charge in [0.1, 0.15) is 0 Å². The third-order valence-electron chi connectivity index (χ3n) is 2.44. The first-order valence-corrected chi connectivity index (χ1v) is 7.85. The van der Waals surface area contributed by atoms with Crippen molar-refractivity contribution in [2.24, 2.45) is 5.41 Å². The molecule has 0 saturated heterocycles. The normalized spacial score (nSPS) is 13.2. The molecule has 7 heteroatoms. The van der Waals surface area contributed by atoms with Gasteiger partial charge in [0, 0.05) is 24.7 Å². The molecule has 0 radical (unpaired) electrons. The number of aromatic amines is 1. The number of nitrogens with one attached hydrogen (secondary N) is 3. The fourth-order valence-corrected chi connectivity index (χ4v) is 2.77. The Morgan fingerprint density at radius 3 is 2.53 bits per heavy atom. The molecule has 0 fully saturated rings. The van der Waals surface area contributed by atoms with Crippen molar-refractivity contribution < 1.29 is 8.42 Å².